The lowest BCUT2D eigenvalue weighted by molar-refractivity contribution is -0.120. The van der Waals surface area contributed by atoms with Gasteiger partial charge < -0.3 is 10.1 Å². The number of aromatic nitrogens is 2. The number of hydrogen-bond donors (Lipinski definition) is 1. The number of sulfonamides is 1. The second-order valence-electron chi connectivity index (χ2n) is 8.97. The molecule has 4 rings (SSSR count). The fraction of sp³-hybridized carbons (Fsp3) is 0.308. The van der Waals surface area contributed by atoms with E-state index in [-0.39, 0.29) is 38.8 Å². The van der Waals surface area contributed by atoms with Crippen LogP contribution in [0.1, 0.15) is 38.8 Å². The van der Waals surface area contributed by atoms with E-state index in [1.807, 2.05) is 6.92 Å². The van der Waals surface area contributed by atoms with Gasteiger partial charge in [-0.15, -0.1) is 0 Å². The van der Waals surface area contributed by atoms with E-state index in [1.165, 1.54) is 34.2 Å². The molecule has 12 heteroatoms. The van der Waals surface area contributed by atoms with Crippen LogP contribution in [0.4, 0.5) is 10.1 Å². The molecule has 0 saturated carbocycles. The zero-order valence-electron chi connectivity index (χ0n) is 21.2. The number of aryl methyl sites for hydroxylation is 1. The maximum absolute atomic E-state index is 14.5. The molecule has 1 amide bonds. The summed E-state index contributed by atoms with van der Waals surface area (Å²) in [6.45, 7) is 7.00. The molecule has 0 unspecified atom stereocenters. The zero-order chi connectivity index (χ0) is 27.8. The number of carbonyl (C=O) groups is 1. The van der Waals surface area contributed by atoms with Gasteiger partial charge in [0.1, 0.15) is 22.6 Å². The lowest BCUT2D eigenvalue weighted by Crippen LogP contribution is -2.52. The molecule has 0 radical (unpaired) electrons. The van der Waals surface area contributed by atoms with Crippen molar-refractivity contribution >= 4 is 56.5 Å². The van der Waals surface area contributed by atoms with Gasteiger partial charge in [-0.25, -0.2) is 12.8 Å². The first-order valence-corrected chi connectivity index (χ1v) is 14.1. The molecule has 1 aliphatic rings. The van der Waals surface area contributed by atoms with Gasteiger partial charge in [0.25, 0.3) is 10.0 Å². The standard InChI is InChI=1S/C26H27Cl2FN4O4S/c1-5-32-14-24(26(28)31-32)38(35,36)33-13-23(16(3)30-17(4)34)37-22-10-9-18(12-21(22)33)11-15(2)25-19(27)7-6-8-20(25)29/h6-12,14,16,23H,5,13H2,1-4H3,(H,30,34)/b15-11+/t16-,23-/m1/s1. The first-order valence-electron chi connectivity index (χ1n) is 11.9. The number of carbonyl (C=O) groups excluding carboxylic acids is 1. The van der Waals surface area contributed by atoms with Crippen molar-refractivity contribution in [3.63, 3.8) is 0 Å². The SMILES string of the molecule is CCn1cc(S(=O)(=O)N2C[C@H]([C@@H](C)NC(C)=O)Oc3ccc(/C=C(\C)c4c(F)cccc4Cl)cc32)c(Cl)n1. The van der Waals surface area contributed by atoms with Gasteiger partial charge in [0, 0.05) is 25.2 Å². The van der Waals surface area contributed by atoms with Gasteiger partial charge in [0.2, 0.25) is 5.91 Å². The Balaban J connectivity index is 1.82. The van der Waals surface area contributed by atoms with Crippen LogP contribution < -0.4 is 14.4 Å². The van der Waals surface area contributed by atoms with E-state index in [4.69, 9.17) is 27.9 Å². The molecule has 2 heterocycles. The molecular weight excluding hydrogens is 554 g/mol. The Morgan fingerprint density at radius 3 is 2.66 bits per heavy atom. The fourth-order valence-electron chi connectivity index (χ4n) is 4.31. The summed E-state index contributed by atoms with van der Waals surface area (Å²) in [7, 11) is -4.18. The molecule has 1 N–H and O–H groups in total. The highest BCUT2D eigenvalue weighted by molar-refractivity contribution is 7.93. The van der Waals surface area contributed by atoms with Gasteiger partial charge in [-0.1, -0.05) is 41.4 Å². The minimum atomic E-state index is -4.18. The summed E-state index contributed by atoms with van der Waals surface area (Å²) >= 11 is 12.5. The number of nitrogens with zero attached hydrogens (tertiary/aromatic N) is 3. The van der Waals surface area contributed by atoms with Gasteiger partial charge in [-0.05, 0) is 56.2 Å². The van der Waals surface area contributed by atoms with Gasteiger partial charge in [0.05, 0.1) is 23.3 Å². The average molecular weight is 581 g/mol. The topological polar surface area (TPSA) is 93.5 Å². The lowest BCUT2D eigenvalue weighted by Gasteiger charge is -2.38. The Kier molecular flexibility index (Phi) is 8.06. The van der Waals surface area contributed by atoms with E-state index in [0.717, 1.165) is 0 Å². The average Bonchev–Trinajstić information content (AvgIpc) is 3.24. The summed E-state index contributed by atoms with van der Waals surface area (Å²) in [4.78, 5) is 11.5. The summed E-state index contributed by atoms with van der Waals surface area (Å²) in [6, 6.07) is 8.98. The summed E-state index contributed by atoms with van der Waals surface area (Å²) in [5.74, 6) is -0.426. The third-order valence-electron chi connectivity index (χ3n) is 6.18. The Morgan fingerprint density at radius 1 is 1.29 bits per heavy atom. The number of halogens is 3. The number of rotatable bonds is 7. The first-order chi connectivity index (χ1) is 17.9. The Labute approximate surface area is 231 Å². The molecule has 3 aromatic rings. The maximum atomic E-state index is 14.5. The van der Waals surface area contributed by atoms with Gasteiger partial charge in [-0.3, -0.25) is 13.8 Å². The number of hydrogen-bond acceptors (Lipinski definition) is 5. The number of amides is 1. The predicted molar refractivity (Wildman–Crippen MR) is 147 cm³/mol. The van der Waals surface area contributed by atoms with Crippen LogP contribution in [-0.2, 0) is 21.4 Å². The highest BCUT2D eigenvalue weighted by atomic mass is 35.5. The van der Waals surface area contributed by atoms with Crippen LogP contribution in [0.25, 0.3) is 11.6 Å². The van der Waals surface area contributed by atoms with Crippen LogP contribution in [-0.4, -0.2) is 42.8 Å². The smallest absolute Gasteiger partial charge is 0.269 e. The zero-order valence-corrected chi connectivity index (χ0v) is 23.5. The van der Waals surface area contributed by atoms with Crippen molar-refractivity contribution in [1.29, 1.82) is 0 Å². The third kappa shape index (κ3) is 5.52. The van der Waals surface area contributed by atoms with E-state index in [2.05, 4.69) is 10.4 Å². The summed E-state index contributed by atoms with van der Waals surface area (Å²) in [5, 5.41) is 6.96. The van der Waals surface area contributed by atoms with E-state index in [1.54, 1.807) is 44.2 Å². The maximum Gasteiger partial charge on any atom is 0.269 e. The number of ether oxygens (including phenoxy) is 1. The van der Waals surface area contributed by atoms with E-state index >= 15 is 0 Å². The van der Waals surface area contributed by atoms with E-state index in [0.29, 0.717) is 23.4 Å². The molecule has 1 aliphatic heterocycles. The molecule has 0 spiro atoms. The number of anilines is 1. The highest BCUT2D eigenvalue weighted by Crippen LogP contribution is 2.40. The van der Waals surface area contributed by atoms with Crippen molar-refractivity contribution in [1.82, 2.24) is 15.1 Å². The molecule has 1 aromatic heterocycles. The lowest BCUT2D eigenvalue weighted by atomic mass is 10.0. The minimum Gasteiger partial charge on any atom is -0.484 e. The molecule has 2 atom stereocenters. The van der Waals surface area contributed by atoms with Crippen LogP contribution >= 0.6 is 23.2 Å². The summed E-state index contributed by atoms with van der Waals surface area (Å²) in [6.07, 6.45) is 2.41. The quantitative estimate of drug-likeness (QED) is 0.378. The first kappa shape index (κ1) is 27.9. The normalized spacial score (nSPS) is 16.6. The molecule has 2 aromatic carbocycles. The van der Waals surface area contributed by atoms with Gasteiger partial charge in [0.15, 0.2) is 5.15 Å². The number of nitrogens with one attached hydrogen (secondary N) is 1. The van der Waals surface area contributed by atoms with E-state index < -0.39 is 28.0 Å². The van der Waals surface area contributed by atoms with Crippen LogP contribution in [0.3, 0.4) is 0 Å². The van der Waals surface area contributed by atoms with Crippen LogP contribution in [0.15, 0.2) is 47.5 Å². The Morgan fingerprint density at radius 2 is 2.03 bits per heavy atom. The molecular formula is C26H27Cl2FN4O4S. The summed E-state index contributed by atoms with van der Waals surface area (Å²) < 4.78 is 51.0. The van der Waals surface area contributed by atoms with Crippen molar-refractivity contribution in [2.75, 3.05) is 10.8 Å². The number of benzene rings is 2. The molecule has 202 valence electrons. The van der Waals surface area contributed by atoms with Crippen molar-refractivity contribution in [2.45, 2.75) is 51.3 Å². The fourth-order valence-corrected chi connectivity index (χ4v) is 6.55. The monoisotopic (exact) mass is 580 g/mol. The molecule has 38 heavy (non-hydrogen) atoms. The second kappa shape index (κ2) is 11.0. The summed E-state index contributed by atoms with van der Waals surface area (Å²) in [5.41, 5.74) is 1.70. The number of fused-ring (bicyclic) bond motifs is 1. The number of allylic oxidation sites excluding steroid dienone is 1. The van der Waals surface area contributed by atoms with Crippen molar-refractivity contribution in [3.8, 4) is 5.75 Å². The van der Waals surface area contributed by atoms with Crippen LogP contribution in [0.5, 0.6) is 5.75 Å². The third-order valence-corrected chi connectivity index (χ3v) is 8.67. The largest absolute Gasteiger partial charge is 0.484 e. The van der Waals surface area contributed by atoms with Crippen LogP contribution in [0.2, 0.25) is 10.2 Å². The van der Waals surface area contributed by atoms with Crippen molar-refractivity contribution in [3.05, 3.63) is 69.7 Å². The van der Waals surface area contributed by atoms with Crippen molar-refractivity contribution in [2.24, 2.45) is 0 Å². The highest BCUT2D eigenvalue weighted by Gasteiger charge is 2.39. The van der Waals surface area contributed by atoms with Crippen molar-refractivity contribution < 1.29 is 22.3 Å². The molecule has 0 saturated heterocycles. The van der Waals surface area contributed by atoms with Crippen LogP contribution in [0, 0.1) is 5.82 Å². The van der Waals surface area contributed by atoms with Gasteiger partial charge >= 0.3 is 0 Å². The van der Waals surface area contributed by atoms with E-state index in [9.17, 15) is 17.6 Å². The Hall–Kier alpha value is -3.08. The molecule has 0 bridgehead atoms. The predicted octanol–water partition coefficient (Wildman–Crippen LogP) is 5.39. The minimum absolute atomic E-state index is 0.0876. The van der Waals surface area contributed by atoms with Gasteiger partial charge in [-0.2, -0.15) is 5.10 Å². The molecule has 0 fully saturated rings. The second-order valence-corrected chi connectivity index (χ2v) is 11.6. The Bertz CT molecular complexity index is 1500. The molecule has 8 nitrogen and oxygen atoms in total. The molecule has 0 aliphatic carbocycles.